The smallest absolute Gasteiger partial charge is 0.296 e. The molecule has 8 N–H and O–H groups in total. The zero-order chi connectivity index (χ0) is 32.1. The average Bonchev–Trinajstić information content (AvgIpc) is 2.97. The van der Waals surface area contributed by atoms with Crippen molar-refractivity contribution in [2.45, 2.75) is 9.79 Å². The lowest BCUT2D eigenvalue weighted by Crippen LogP contribution is -2.11. The molecule has 0 atom stereocenters. The normalized spacial score (nSPS) is 11.6. The lowest BCUT2D eigenvalue weighted by Gasteiger charge is -2.11. The molecular formula is C29H25N5O8S2. The van der Waals surface area contributed by atoms with E-state index in [1.807, 2.05) is 0 Å². The van der Waals surface area contributed by atoms with Gasteiger partial charge in [0.05, 0.1) is 10.6 Å². The number of azo groups is 1. The van der Waals surface area contributed by atoms with Gasteiger partial charge in [-0.25, -0.2) is 0 Å². The molecule has 0 saturated heterocycles. The topological polar surface area (TPSA) is 235 Å². The number of aromatic hydroxyl groups is 1. The van der Waals surface area contributed by atoms with Crippen LogP contribution in [-0.2, 0) is 20.2 Å². The number of hydrogen-bond acceptors (Lipinski definition) is 10. The molecule has 13 nitrogen and oxygen atoms in total. The summed E-state index contributed by atoms with van der Waals surface area (Å²) in [5, 5.41) is 21.7. The summed E-state index contributed by atoms with van der Waals surface area (Å²) >= 11 is 0. The Morgan fingerprint density at radius 2 is 1.30 bits per heavy atom. The summed E-state index contributed by atoms with van der Waals surface area (Å²) in [5.74, 6) is -0.844. The number of carbonyl (C=O) groups excluding carboxylic acids is 1. The van der Waals surface area contributed by atoms with E-state index in [1.165, 1.54) is 36.4 Å². The van der Waals surface area contributed by atoms with E-state index in [1.54, 1.807) is 60.7 Å². The summed E-state index contributed by atoms with van der Waals surface area (Å²) in [6, 6.07) is 25.8. The highest BCUT2D eigenvalue weighted by Crippen LogP contribution is 2.42. The summed E-state index contributed by atoms with van der Waals surface area (Å²) in [6.07, 6.45) is 0. The van der Waals surface area contributed by atoms with E-state index in [0.717, 1.165) is 6.07 Å². The third kappa shape index (κ3) is 7.93. The maximum atomic E-state index is 12.4. The van der Waals surface area contributed by atoms with E-state index in [4.69, 9.17) is 16.0 Å². The predicted octanol–water partition coefficient (Wildman–Crippen LogP) is 5.56. The van der Waals surface area contributed by atoms with Crippen LogP contribution >= 0.6 is 0 Å². The molecule has 0 spiro atoms. The van der Waals surface area contributed by atoms with Gasteiger partial charge in [0.25, 0.3) is 26.1 Å². The third-order valence-corrected chi connectivity index (χ3v) is 7.69. The Labute approximate surface area is 252 Å². The molecule has 1 amide bonds. The fourth-order valence-corrected chi connectivity index (χ4v) is 4.94. The Bertz CT molecular complexity index is 2070. The highest BCUT2D eigenvalue weighted by Gasteiger charge is 2.22. The van der Waals surface area contributed by atoms with Gasteiger partial charge in [-0.05, 0) is 90.3 Å². The average molecular weight is 636 g/mol. The number of carbonyl (C=O) groups is 1. The fraction of sp³-hybridized carbons (Fsp3) is 0. The second-order valence-corrected chi connectivity index (χ2v) is 12.0. The number of hydrogen-bond donors (Lipinski definition) is 6. The standard InChI is InChI=1S/C23H18N4O5S.C6H7NO3S/c24-16-6-8-17(9-7-16)26-27-21-20(33(30,31)32)13-15-12-18(10-11-19(15)22(21)28)25-23(29)14-4-2-1-3-5-14;7-5-1-3-6(4-2-5)11(8,9)10/h1-13,28H,24H2,(H,25,29)(H,30,31,32);1-4H,7H2,(H,8,9,10). The molecule has 44 heavy (non-hydrogen) atoms. The van der Waals surface area contributed by atoms with Gasteiger partial charge in [-0.3, -0.25) is 13.9 Å². The highest BCUT2D eigenvalue weighted by molar-refractivity contribution is 7.86. The van der Waals surface area contributed by atoms with Crippen LogP contribution in [0.4, 0.5) is 28.4 Å². The second kappa shape index (κ2) is 12.9. The zero-order valence-electron chi connectivity index (χ0n) is 22.6. The van der Waals surface area contributed by atoms with Crippen LogP contribution in [0.2, 0.25) is 0 Å². The number of nitrogens with two attached hydrogens (primary N) is 2. The highest BCUT2D eigenvalue weighted by atomic mass is 32.2. The summed E-state index contributed by atoms with van der Waals surface area (Å²) < 4.78 is 63.2. The molecule has 5 rings (SSSR count). The first kappa shape index (κ1) is 31.6. The lowest BCUT2D eigenvalue weighted by atomic mass is 10.1. The third-order valence-electron chi connectivity index (χ3n) is 5.96. The van der Waals surface area contributed by atoms with Gasteiger partial charge >= 0.3 is 0 Å². The zero-order valence-corrected chi connectivity index (χ0v) is 24.2. The molecule has 0 aliphatic carbocycles. The Kier molecular flexibility index (Phi) is 9.25. The van der Waals surface area contributed by atoms with Gasteiger partial charge < -0.3 is 21.9 Å². The van der Waals surface area contributed by atoms with Crippen molar-refractivity contribution in [3.8, 4) is 5.75 Å². The molecule has 15 heteroatoms. The van der Waals surface area contributed by atoms with Crippen molar-refractivity contribution in [3.63, 3.8) is 0 Å². The molecule has 5 aromatic carbocycles. The number of nitrogens with one attached hydrogen (secondary N) is 1. The monoisotopic (exact) mass is 635 g/mol. The van der Waals surface area contributed by atoms with Gasteiger partial charge in [-0.1, -0.05) is 18.2 Å². The van der Waals surface area contributed by atoms with Crippen LogP contribution in [0.15, 0.2) is 123 Å². The van der Waals surface area contributed by atoms with Crippen molar-refractivity contribution in [2.75, 3.05) is 16.8 Å². The Morgan fingerprint density at radius 1 is 0.705 bits per heavy atom. The molecule has 226 valence electrons. The minimum atomic E-state index is -4.76. The molecule has 5 aromatic rings. The Balaban J connectivity index is 0.000000339. The first-order valence-electron chi connectivity index (χ1n) is 12.5. The number of fused-ring (bicyclic) bond motifs is 1. The van der Waals surface area contributed by atoms with Crippen LogP contribution in [-0.4, -0.2) is 37.0 Å². The molecule has 0 heterocycles. The van der Waals surface area contributed by atoms with Crippen molar-refractivity contribution in [2.24, 2.45) is 10.2 Å². The van der Waals surface area contributed by atoms with Gasteiger partial charge in [0.1, 0.15) is 10.6 Å². The number of amides is 1. The quantitative estimate of drug-likeness (QED) is 0.0772. The largest absolute Gasteiger partial charge is 0.505 e. The minimum Gasteiger partial charge on any atom is -0.505 e. The van der Waals surface area contributed by atoms with Crippen molar-refractivity contribution >= 4 is 65.4 Å². The Hall–Kier alpha value is -5.35. The molecule has 0 aromatic heterocycles. The summed E-state index contributed by atoms with van der Waals surface area (Å²) in [5.41, 5.74) is 12.6. The minimum absolute atomic E-state index is 0.147. The van der Waals surface area contributed by atoms with Gasteiger partial charge in [0.15, 0.2) is 5.75 Å². The predicted molar refractivity (Wildman–Crippen MR) is 166 cm³/mol. The van der Waals surface area contributed by atoms with Crippen LogP contribution in [0.25, 0.3) is 10.8 Å². The van der Waals surface area contributed by atoms with Crippen LogP contribution in [0.1, 0.15) is 10.4 Å². The number of phenols is 1. The molecule has 0 saturated carbocycles. The maximum Gasteiger partial charge on any atom is 0.296 e. The number of nitrogens with zero attached hydrogens (tertiary/aromatic N) is 2. The number of rotatable bonds is 6. The molecule has 0 bridgehead atoms. The number of nitrogen functional groups attached to an aromatic ring is 2. The number of benzene rings is 5. The van der Waals surface area contributed by atoms with E-state index >= 15 is 0 Å². The van der Waals surface area contributed by atoms with Crippen LogP contribution in [0, 0.1) is 0 Å². The Morgan fingerprint density at radius 3 is 1.86 bits per heavy atom. The summed E-state index contributed by atoms with van der Waals surface area (Å²) in [7, 11) is -8.83. The van der Waals surface area contributed by atoms with Gasteiger partial charge in [-0.2, -0.15) is 21.9 Å². The van der Waals surface area contributed by atoms with Crippen molar-refractivity contribution in [1.82, 2.24) is 0 Å². The molecule has 0 aliphatic rings. The van der Waals surface area contributed by atoms with Crippen LogP contribution in [0.5, 0.6) is 5.75 Å². The molecule has 0 fully saturated rings. The molecule has 0 radical (unpaired) electrons. The summed E-state index contributed by atoms with van der Waals surface area (Å²) in [6.45, 7) is 0. The maximum absolute atomic E-state index is 12.4. The van der Waals surface area contributed by atoms with Crippen molar-refractivity contribution < 1.29 is 35.8 Å². The number of anilines is 3. The van der Waals surface area contributed by atoms with E-state index in [0.29, 0.717) is 28.3 Å². The van der Waals surface area contributed by atoms with Gasteiger partial charge in [0.2, 0.25) is 0 Å². The van der Waals surface area contributed by atoms with Crippen LogP contribution < -0.4 is 16.8 Å². The first-order valence-corrected chi connectivity index (χ1v) is 15.3. The van der Waals surface area contributed by atoms with E-state index < -0.39 is 36.6 Å². The fourth-order valence-electron chi connectivity index (χ4n) is 3.80. The van der Waals surface area contributed by atoms with Gasteiger partial charge in [0, 0.05) is 28.0 Å². The second-order valence-electron chi connectivity index (χ2n) is 9.14. The SMILES string of the molecule is Nc1ccc(N=Nc2c(S(=O)(=O)O)cc3cc(NC(=O)c4ccccc4)ccc3c2O)cc1.Nc1ccc(S(=O)(=O)O)cc1. The molecular weight excluding hydrogens is 610 g/mol. The van der Waals surface area contributed by atoms with Gasteiger partial charge in [-0.15, -0.1) is 5.11 Å². The summed E-state index contributed by atoms with van der Waals surface area (Å²) in [4.78, 5) is 11.6. The van der Waals surface area contributed by atoms with E-state index in [-0.39, 0.29) is 21.6 Å². The van der Waals surface area contributed by atoms with E-state index in [2.05, 4.69) is 15.5 Å². The lowest BCUT2D eigenvalue weighted by molar-refractivity contribution is 0.102. The van der Waals surface area contributed by atoms with E-state index in [9.17, 15) is 31.3 Å². The molecule has 0 unspecified atom stereocenters. The first-order chi connectivity index (χ1) is 20.7. The molecule has 0 aliphatic heterocycles. The van der Waals surface area contributed by atoms with Crippen LogP contribution in [0.3, 0.4) is 0 Å². The van der Waals surface area contributed by atoms with Crippen molar-refractivity contribution in [3.05, 3.63) is 109 Å². The van der Waals surface area contributed by atoms with Crippen molar-refractivity contribution in [1.29, 1.82) is 0 Å². The number of phenolic OH excluding ortho intramolecular Hbond substituents is 1.